The molecule has 0 aliphatic rings. The van der Waals surface area contributed by atoms with Gasteiger partial charge in [-0.05, 0) is 37.3 Å². The first-order valence-corrected chi connectivity index (χ1v) is 9.24. The third-order valence-corrected chi connectivity index (χ3v) is 4.95. The van der Waals surface area contributed by atoms with Crippen LogP contribution in [0.4, 0.5) is 4.39 Å². The number of furan rings is 1. The maximum atomic E-state index is 12.9. The van der Waals surface area contributed by atoms with Crippen molar-refractivity contribution in [1.82, 2.24) is 20.2 Å². The number of carbonyl (C=O) groups is 1. The molecule has 0 saturated carbocycles. The Kier molecular flexibility index (Phi) is 5.33. The third-order valence-electron chi connectivity index (χ3n) is 3.53. The molecular weight excluding hydrogens is 379 g/mol. The van der Waals surface area contributed by atoms with Crippen molar-refractivity contribution in [2.24, 2.45) is 0 Å². The molecule has 2 aromatic heterocycles. The molecule has 0 radical (unpaired) electrons. The molecule has 11 heteroatoms. The zero-order valence-corrected chi connectivity index (χ0v) is 14.9. The Morgan fingerprint density at radius 1 is 1.26 bits per heavy atom. The highest BCUT2D eigenvalue weighted by Gasteiger charge is 2.20. The summed E-state index contributed by atoms with van der Waals surface area (Å²) >= 11 is 0. The summed E-state index contributed by atoms with van der Waals surface area (Å²) in [5, 5.41) is 6.32. The van der Waals surface area contributed by atoms with Gasteiger partial charge < -0.3 is 14.3 Å². The van der Waals surface area contributed by atoms with Crippen LogP contribution in [0.2, 0.25) is 0 Å². The van der Waals surface area contributed by atoms with E-state index >= 15 is 0 Å². The quantitative estimate of drug-likeness (QED) is 0.625. The average molecular weight is 394 g/mol. The second-order valence-corrected chi connectivity index (χ2v) is 7.30. The molecule has 1 aromatic carbocycles. The van der Waals surface area contributed by atoms with E-state index in [9.17, 15) is 17.6 Å². The maximum Gasteiger partial charge on any atom is 0.255 e. The first kappa shape index (κ1) is 18.7. The molecule has 0 spiro atoms. The Balaban J connectivity index is 1.60. The number of aromatic nitrogens is 2. The fourth-order valence-electron chi connectivity index (χ4n) is 2.11. The minimum atomic E-state index is -3.85. The molecule has 2 N–H and O–H groups in total. The summed E-state index contributed by atoms with van der Waals surface area (Å²) in [7, 11) is -3.85. The Hall–Kier alpha value is -3.05. The predicted octanol–water partition coefficient (Wildman–Crippen LogP) is 1.77. The maximum absolute atomic E-state index is 12.9. The van der Waals surface area contributed by atoms with Crippen LogP contribution in [0.3, 0.4) is 0 Å². The minimum absolute atomic E-state index is 0.0834. The second kappa shape index (κ2) is 7.68. The first-order chi connectivity index (χ1) is 12.8. The molecule has 2 heterocycles. The van der Waals surface area contributed by atoms with Gasteiger partial charge in [0.2, 0.25) is 15.9 Å². The third kappa shape index (κ3) is 4.57. The number of nitrogens with one attached hydrogen (secondary N) is 2. The summed E-state index contributed by atoms with van der Waals surface area (Å²) in [4.78, 5) is 15.9. The van der Waals surface area contributed by atoms with Crippen molar-refractivity contribution in [3.05, 3.63) is 66.0 Å². The fraction of sp³-hybridized carbons (Fsp3) is 0.188. The molecule has 0 aliphatic heterocycles. The van der Waals surface area contributed by atoms with Gasteiger partial charge in [-0.2, -0.15) is 4.98 Å². The minimum Gasteiger partial charge on any atom is -0.472 e. The lowest BCUT2D eigenvalue weighted by molar-refractivity contribution is 0.0932. The zero-order chi connectivity index (χ0) is 19.4. The average Bonchev–Trinajstić information content (AvgIpc) is 3.32. The van der Waals surface area contributed by atoms with E-state index < -0.39 is 21.9 Å². The number of amides is 1. The number of nitrogens with zero attached hydrogens (tertiary/aromatic N) is 2. The van der Waals surface area contributed by atoms with Crippen molar-refractivity contribution in [3.63, 3.8) is 0 Å². The molecule has 0 fully saturated rings. The van der Waals surface area contributed by atoms with Crippen LogP contribution in [-0.4, -0.2) is 24.5 Å². The molecule has 1 amide bonds. The summed E-state index contributed by atoms with van der Waals surface area (Å²) in [6, 6.07) is 5.30. The van der Waals surface area contributed by atoms with E-state index in [0.29, 0.717) is 5.56 Å². The van der Waals surface area contributed by atoms with Crippen LogP contribution in [-0.2, 0) is 16.6 Å². The van der Waals surface area contributed by atoms with E-state index in [0.717, 1.165) is 24.3 Å². The lowest BCUT2D eigenvalue weighted by Gasteiger charge is -2.07. The van der Waals surface area contributed by atoms with Crippen LogP contribution >= 0.6 is 0 Å². The molecule has 0 bridgehead atoms. The van der Waals surface area contributed by atoms with Crippen molar-refractivity contribution in [1.29, 1.82) is 0 Å². The van der Waals surface area contributed by atoms with Crippen LogP contribution < -0.4 is 10.0 Å². The fourth-order valence-corrected chi connectivity index (χ4v) is 3.09. The van der Waals surface area contributed by atoms with Gasteiger partial charge in [0.05, 0.1) is 23.3 Å². The van der Waals surface area contributed by atoms with Gasteiger partial charge in [0.25, 0.3) is 5.91 Å². The number of hydrogen-bond donors (Lipinski definition) is 2. The largest absolute Gasteiger partial charge is 0.472 e. The second-order valence-electron chi connectivity index (χ2n) is 5.53. The van der Waals surface area contributed by atoms with Gasteiger partial charge in [-0.1, -0.05) is 5.16 Å². The molecule has 0 unspecified atom stereocenters. The monoisotopic (exact) mass is 394 g/mol. The Labute approximate surface area is 153 Å². The smallest absolute Gasteiger partial charge is 0.255 e. The van der Waals surface area contributed by atoms with Crippen molar-refractivity contribution >= 4 is 15.9 Å². The normalized spacial score (nSPS) is 12.7. The van der Waals surface area contributed by atoms with Gasteiger partial charge in [-0.25, -0.2) is 17.5 Å². The molecule has 0 saturated heterocycles. The first-order valence-electron chi connectivity index (χ1n) is 7.76. The number of sulfonamides is 1. The van der Waals surface area contributed by atoms with Gasteiger partial charge in [0.15, 0.2) is 5.82 Å². The summed E-state index contributed by atoms with van der Waals surface area (Å²) in [6.07, 6.45) is 2.67. The SMILES string of the molecule is C[C@H](NC(=O)c1ccoc1)c1nc(CNS(=O)(=O)c2ccc(F)cc2)no1. The van der Waals surface area contributed by atoms with E-state index in [1.54, 1.807) is 6.92 Å². The summed E-state index contributed by atoms with van der Waals surface area (Å²) in [5.74, 6) is -0.723. The van der Waals surface area contributed by atoms with E-state index in [2.05, 4.69) is 20.2 Å². The van der Waals surface area contributed by atoms with Crippen LogP contribution in [0.25, 0.3) is 0 Å². The van der Waals surface area contributed by atoms with Crippen molar-refractivity contribution in [2.45, 2.75) is 24.4 Å². The summed E-state index contributed by atoms with van der Waals surface area (Å²) < 4.78 is 49.4. The molecule has 142 valence electrons. The van der Waals surface area contributed by atoms with Crippen LogP contribution in [0, 0.1) is 5.82 Å². The summed E-state index contributed by atoms with van der Waals surface area (Å²) in [6.45, 7) is 1.41. The molecule has 0 aliphatic carbocycles. The Bertz CT molecular complexity index is 1020. The van der Waals surface area contributed by atoms with Gasteiger partial charge in [0, 0.05) is 0 Å². The van der Waals surface area contributed by atoms with Crippen molar-refractivity contribution < 1.29 is 26.5 Å². The number of benzene rings is 1. The van der Waals surface area contributed by atoms with E-state index in [1.165, 1.54) is 18.6 Å². The molecule has 9 nitrogen and oxygen atoms in total. The van der Waals surface area contributed by atoms with E-state index in [-0.39, 0.29) is 29.1 Å². The van der Waals surface area contributed by atoms with Crippen LogP contribution in [0.5, 0.6) is 0 Å². The Morgan fingerprint density at radius 3 is 2.67 bits per heavy atom. The van der Waals surface area contributed by atoms with Gasteiger partial charge in [-0.3, -0.25) is 4.79 Å². The topological polar surface area (TPSA) is 127 Å². The number of halogens is 1. The van der Waals surface area contributed by atoms with Gasteiger partial charge in [-0.15, -0.1) is 0 Å². The highest BCUT2D eigenvalue weighted by molar-refractivity contribution is 7.89. The van der Waals surface area contributed by atoms with Crippen LogP contribution in [0.15, 0.2) is 56.7 Å². The van der Waals surface area contributed by atoms with Gasteiger partial charge >= 0.3 is 0 Å². The molecule has 3 aromatic rings. The predicted molar refractivity (Wildman–Crippen MR) is 89.3 cm³/mol. The Morgan fingerprint density at radius 2 is 2.00 bits per heavy atom. The molecule has 27 heavy (non-hydrogen) atoms. The molecule has 1 atom stereocenters. The molecule has 3 rings (SSSR count). The van der Waals surface area contributed by atoms with Gasteiger partial charge in [0.1, 0.15) is 18.1 Å². The van der Waals surface area contributed by atoms with Crippen molar-refractivity contribution in [2.75, 3.05) is 0 Å². The lowest BCUT2D eigenvalue weighted by Crippen LogP contribution is -2.26. The van der Waals surface area contributed by atoms with E-state index in [4.69, 9.17) is 8.94 Å². The number of hydrogen-bond acceptors (Lipinski definition) is 7. The highest BCUT2D eigenvalue weighted by Crippen LogP contribution is 2.13. The zero-order valence-electron chi connectivity index (χ0n) is 14.0. The highest BCUT2D eigenvalue weighted by atomic mass is 32.2. The lowest BCUT2D eigenvalue weighted by atomic mass is 10.2. The number of rotatable bonds is 7. The van der Waals surface area contributed by atoms with Crippen molar-refractivity contribution in [3.8, 4) is 0 Å². The van der Waals surface area contributed by atoms with E-state index in [1.807, 2.05) is 0 Å². The standard InChI is InChI=1S/C16H15FN4O5S/c1-10(19-15(22)11-6-7-25-9-11)16-20-14(21-26-16)8-18-27(23,24)13-4-2-12(17)3-5-13/h2-7,9-10,18H,8H2,1H3,(H,19,22)/t10-/m0/s1. The number of carbonyl (C=O) groups excluding carboxylic acids is 1. The summed E-state index contributed by atoms with van der Waals surface area (Å²) in [5.41, 5.74) is 0.341. The molecular formula is C16H15FN4O5S. The van der Waals surface area contributed by atoms with Crippen LogP contribution in [0.1, 0.15) is 35.0 Å².